The summed E-state index contributed by atoms with van der Waals surface area (Å²) in [5.41, 5.74) is 2.21. The summed E-state index contributed by atoms with van der Waals surface area (Å²) in [6, 6.07) is 16.7. The van der Waals surface area contributed by atoms with Crippen molar-refractivity contribution in [2.45, 2.75) is 13.0 Å². The predicted molar refractivity (Wildman–Crippen MR) is 98.2 cm³/mol. The third kappa shape index (κ3) is 6.24. The van der Waals surface area contributed by atoms with E-state index in [1.54, 1.807) is 12.1 Å². The van der Waals surface area contributed by atoms with E-state index in [0.29, 0.717) is 11.7 Å². The van der Waals surface area contributed by atoms with E-state index in [1.807, 2.05) is 18.2 Å². The van der Waals surface area contributed by atoms with E-state index >= 15 is 0 Å². The minimum Gasteiger partial charge on any atom is -0.375 e. The average Bonchev–Trinajstić information content (AvgIpc) is 2.59. The summed E-state index contributed by atoms with van der Waals surface area (Å²) < 4.78 is 12.8. The number of hydrogen-bond acceptors (Lipinski definition) is 2. The molecular formula is C18H22FN3S. The van der Waals surface area contributed by atoms with Crippen molar-refractivity contribution in [3.63, 3.8) is 0 Å². The molecule has 3 nitrogen and oxygen atoms in total. The Balaban J connectivity index is 1.60. The van der Waals surface area contributed by atoms with Crippen molar-refractivity contribution in [3.8, 4) is 0 Å². The number of anilines is 1. The second-order valence-electron chi connectivity index (χ2n) is 5.35. The Bertz CT molecular complexity index is 601. The first-order chi connectivity index (χ1) is 11.1. The molecule has 2 aromatic rings. The van der Waals surface area contributed by atoms with Gasteiger partial charge in [-0.25, -0.2) is 4.39 Å². The van der Waals surface area contributed by atoms with Crippen LogP contribution in [-0.4, -0.2) is 25.2 Å². The molecular weight excluding hydrogens is 309 g/mol. The number of para-hydroxylation sites is 1. The summed E-state index contributed by atoms with van der Waals surface area (Å²) in [6.07, 6.45) is 0.990. The summed E-state index contributed by atoms with van der Waals surface area (Å²) in [5.74, 6) is -0.225. The highest BCUT2D eigenvalue weighted by Gasteiger charge is 2.00. The fraction of sp³-hybridized carbons (Fsp3) is 0.278. The molecule has 0 bridgehead atoms. The van der Waals surface area contributed by atoms with Gasteiger partial charge in [-0.2, -0.15) is 0 Å². The standard InChI is InChI=1S/C18H22FN3S/c1-22(17-6-3-2-4-7-17)13-5-12-20-18(23)21-14-15-8-10-16(19)11-9-15/h2-4,6-11H,5,12-14H2,1H3,(H2,20,21,23). The van der Waals surface area contributed by atoms with Crippen LogP contribution in [0.15, 0.2) is 54.6 Å². The normalized spacial score (nSPS) is 10.2. The first kappa shape index (κ1) is 17.2. The average molecular weight is 331 g/mol. The highest BCUT2D eigenvalue weighted by Crippen LogP contribution is 2.10. The minimum absolute atomic E-state index is 0.225. The van der Waals surface area contributed by atoms with Crippen molar-refractivity contribution in [1.29, 1.82) is 0 Å². The molecule has 0 unspecified atom stereocenters. The van der Waals surface area contributed by atoms with Crippen molar-refractivity contribution < 1.29 is 4.39 Å². The maximum Gasteiger partial charge on any atom is 0.166 e. The molecule has 2 rings (SSSR count). The number of hydrogen-bond donors (Lipinski definition) is 2. The van der Waals surface area contributed by atoms with Gasteiger partial charge in [0.1, 0.15) is 5.82 Å². The van der Waals surface area contributed by atoms with Crippen molar-refractivity contribution in [2.75, 3.05) is 25.0 Å². The lowest BCUT2D eigenvalue weighted by atomic mass is 10.2. The zero-order valence-electron chi connectivity index (χ0n) is 13.3. The Morgan fingerprint density at radius 3 is 2.43 bits per heavy atom. The van der Waals surface area contributed by atoms with Crippen LogP contribution >= 0.6 is 12.2 Å². The number of benzene rings is 2. The van der Waals surface area contributed by atoms with Gasteiger partial charge in [-0.05, 0) is 48.5 Å². The maximum absolute atomic E-state index is 12.8. The minimum atomic E-state index is -0.225. The van der Waals surface area contributed by atoms with Gasteiger partial charge in [-0.1, -0.05) is 30.3 Å². The van der Waals surface area contributed by atoms with Crippen molar-refractivity contribution >= 4 is 23.0 Å². The zero-order valence-corrected chi connectivity index (χ0v) is 14.1. The van der Waals surface area contributed by atoms with E-state index in [4.69, 9.17) is 12.2 Å². The molecule has 2 N–H and O–H groups in total. The summed E-state index contributed by atoms with van der Waals surface area (Å²) >= 11 is 5.24. The Morgan fingerprint density at radius 2 is 1.74 bits per heavy atom. The van der Waals surface area contributed by atoms with Gasteiger partial charge in [0.05, 0.1) is 0 Å². The highest BCUT2D eigenvalue weighted by atomic mass is 32.1. The number of rotatable bonds is 7. The molecule has 23 heavy (non-hydrogen) atoms. The summed E-state index contributed by atoms with van der Waals surface area (Å²) in [6.45, 7) is 2.36. The lowest BCUT2D eigenvalue weighted by molar-refractivity contribution is 0.626. The van der Waals surface area contributed by atoms with Gasteiger partial charge in [-0.3, -0.25) is 0 Å². The molecule has 0 atom stereocenters. The van der Waals surface area contributed by atoms with Crippen LogP contribution in [0.4, 0.5) is 10.1 Å². The van der Waals surface area contributed by atoms with Crippen molar-refractivity contribution in [2.24, 2.45) is 0 Å². The lowest BCUT2D eigenvalue weighted by Crippen LogP contribution is -2.36. The lowest BCUT2D eigenvalue weighted by Gasteiger charge is -2.19. The maximum atomic E-state index is 12.8. The summed E-state index contributed by atoms with van der Waals surface area (Å²) in [7, 11) is 2.08. The molecule has 122 valence electrons. The van der Waals surface area contributed by atoms with Gasteiger partial charge in [0.25, 0.3) is 0 Å². The molecule has 0 aliphatic carbocycles. The largest absolute Gasteiger partial charge is 0.375 e. The van der Waals surface area contributed by atoms with E-state index in [-0.39, 0.29) is 5.82 Å². The molecule has 2 aromatic carbocycles. The monoisotopic (exact) mass is 331 g/mol. The Labute approximate surface area is 142 Å². The van der Waals surface area contributed by atoms with Crippen LogP contribution in [0.2, 0.25) is 0 Å². The highest BCUT2D eigenvalue weighted by molar-refractivity contribution is 7.80. The SMILES string of the molecule is CN(CCCNC(=S)NCc1ccc(F)cc1)c1ccccc1. The Morgan fingerprint density at radius 1 is 1.04 bits per heavy atom. The van der Waals surface area contributed by atoms with Gasteiger partial charge in [0.2, 0.25) is 0 Å². The molecule has 0 aromatic heterocycles. The van der Waals surface area contributed by atoms with Crippen LogP contribution in [0.25, 0.3) is 0 Å². The van der Waals surface area contributed by atoms with Gasteiger partial charge < -0.3 is 15.5 Å². The van der Waals surface area contributed by atoms with E-state index in [2.05, 4.69) is 34.7 Å². The quantitative estimate of drug-likeness (QED) is 0.601. The second kappa shape index (κ2) is 9.10. The molecule has 0 fully saturated rings. The zero-order chi connectivity index (χ0) is 16.5. The van der Waals surface area contributed by atoms with Gasteiger partial charge in [-0.15, -0.1) is 0 Å². The second-order valence-corrected chi connectivity index (χ2v) is 5.75. The first-order valence-electron chi connectivity index (χ1n) is 7.67. The molecule has 0 heterocycles. The molecule has 0 aliphatic rings. The van der Waals surface area contributed by atoms with Crippen LogP contribution in [0.3, 0.4) is 0 Å². The van der Waals surface area contributed by atoms with Crippen molar-refractivity contribution in [3.05, 3.63) is 66.0 Å². The molecule has 0 amide bonds. The fourth-order valence-electron chi connectivity index (χ4n) is 2.18. The fourth-order valence-corrected chi connectivity index (χ4v) is 2.35. The predicted octanol–water partition coefficient (Wildman–Crippen LogP) is 3.32. The number of thiocarbonyl (C=S) groups is 1. The topological polar surface area (TPSA) is 27.3 Å². The Kier molecular flexibility index (Phi) is 6.81. The van der Waals surface area contributed by atoms with E-state index in [9.17, 15) is 4.39 Å². The van der Waals surface area contributed by atoms with E-state index in [1.165, 1.54) is 17.8 Å². The molecule has 0 radical (unpaired) electrons. The van der Waals surface area contributed by atoms with Crippen LogP contribution in [-0.2, 0) is 6.54 Å². The van der Waals surface area contributed by atoms with Gasteiger partial charge in [0.15, 0.2) is 5.11 Å². The third-order valence-corrected chi connectivity index (χ3v) is 3.81. The number of nitrogens with one attached hydrogen (secondary N) is 2. The molecule has 0 saturated carbocycles. The van der Waals surface area contributed by atoms with E-state index < -0.39 is 0 Å². The molecule has 5 heteroatoms. The molecule has 0 saturated heterocycles. The molecule has 0 aliphatic heterocycles. The first-order valence-corrected chi connectivity index (χ1v) is 8.08. The number of halogens is 1. The molecule has 0 spiro atoms. The van der Waals surface area contributed by atoms with Crippen LogP contribution in [0.1, 0.15) is 12.0 Å². The summed E-state index contributed by atoms with van der Waals surface area (Å²) in [4.78, 5) is 2.22. The van der Waals surface area contributed by atoms with E-state index in [0.717, 1.165) is 25.1 Å². The van der Waals surface area contributed by atoms with Crippen LogP contribution in [0.5, 0.6) is 0 Å². The Hall–Kier alpha value is -2.14. The smallest absolute Gasteiger partial charge is 0.166 e. The van der Waals surface area contributed by atoms with Crippen LogP contribution < -0.4 is 15.5 Å². The summed E-state index contributed by atoms with van der Waals surface area (Å²) in [5, 5.41) is 6.94. The third-order valence-electron chi connectivity index (χ3n) is 3.52. The van der Waals surface area contributed by atoms with Gasteiger partial charge >= 0.3 is 0 Å². The van der Waals surface area contributed by atoms with Crippen molar-refractivity contribution in [1.82, 2.24) is 10.6 Å². The van der Waals surface area contributed by atoms with Crippen LogP contribution in [0, 0.1) is 5.82 Å². The number of nitrogens with zero attached hydrogens (tertiary/aromatic N) is 1. The van der Waals surface area contributed by atoms with Gasteiger partial charge in [0, 0.05) is 32.4 Å².